The van der Waals surface area contributed by atoms with Crippen LogP contribution in [0, 0.1) is 6.92 Å². The number of nitrogens with zero attached hydrogens (tertiary/aromatic N) is 2. The van der Waals surface area contributed by atoms with Gasteiger partial charge in [-0.25, -0.2) is 0 Å². The van der Waals surface area contributed by atoms with Crippen LogP contribution in [0.3, 0.4) is 0 Å². The Morgan fingerprint density at radius 2 is 1.59 bits per heavy atom. The van der Waals surface area contributed by atoms with E-state index in [1.165, 1.54) is 12.1 Å². The molecule has 1 fully saturated rings. The zero-order valence-electron chi connectivity index (χ0n) is 20.8. The van der Waals surface area contributed by atoms with Crippen molar-refractivity contribution in [3.63, 3.8) is 0 Å². The molecule has 2 aliphatic rings. The van der Waals surface area contributed by atoms with E-state index in [4.69, 9.17) is 4.74 Å². The van der Waals surface area contributed by atoms with E-state index in [9.17, 15) is 18.0 Å². The van der Waals surface area contributed by atoms with Crippen molar-refractivity contribution in [1.29, 1.82) is 0 Å². The fraction of sp³-hybridized carbons (Fsp3) is 0.321. The minimum absolute atomic E-state index is 0.149. The number of aromatic nitrogens is 1. The van der Waals surface area contributed by atoms with Crippen molar-refractivity contribution in [2.75, 3.05) is 18.0 Å². The lowest BCUT2D eigenvalue weighted by Crippen LogP contribution is -2.45. The maximum Gasteiger partial charge on any atom is 0.573 e. The third kappa shape index (κ3) is 5.22. The quantitative estimate of drug-likeness (QED) is 0.514. The number of fused-ring (bicyclic) bond motifs is 1. The molecule has 6 nitrogen and oxygen atoms in total. The largest absolute Gasteiger partial charge is 0.573 e. The van der Waals surface area contributed by atoms with Gasteiger partial charge in [-0.2, -0.15) is 0 Å². The van der Waals surface area contributed by atoms with E-state index >= 15 is 0 Å². The number of nitrogens with one attached hydrogen (secondary N) is 1. The van der Waals surface area contributed by atoms with Crippen LogP contribution in [0.5, 0.6) is 5.75 Å². The average molecular weight is 512 g/mol. The molecular weight excluding hydrogens is 483 g/mol. The number of hydrogen-bond acceptors (Lipinski definition) is 5. The molecule has 2 unspecified atom stereocenters. The number of ether oxygens (including phenoxy) is 2. The first-order chi connectivity index (χ1) is 17.6. The van der Waals surface area contributed by atoms with E-state index in [1.807, 2.05) is 37.4 Å². The Morgan fingerprint density at radius 3 is 2.22 bits per heavy atom. The highest BCUT2D eigenvalue weighted by atomic mass is 19.4. The summed E-state index contributed by atoms with van der Waals surface area (Å²) < 4.78 is 49.0. The number of alkyl halides is 3. The SMILES string of the molecule is Cc1cn(-c2ccc(N3CC(C)O[C@H](C)C3)cc2)c(=O)c2c1C(c1ccc(OC(F)(F)F)cc1)NC=C2. The predicted octanol–water partition coefficient (Wildman–Crippen LogP) is 5.32. The molecule has 3 heterocycles. The fourth-order valence-corrected chi connectivity index (χ4v) is 5.16. The second kappa shape index (κ2) is 9.63. The van der Waals surface area contributed by atoms with Gasteiger partial charge in [-0.1, -0.05) is 12.1 Å². The highest BCUT2D eigenvalue weighted by Gasteiger charge is 2.31. The van der Waals surface area contributed by atoms with Crippen molar-refractivity contribution in [2.45, 2.75) is 45.4 Å². The topological polar surface area (TPSA) is 55.7 Å². The summed E-state index contributed by atoms with van der Waals surface area (Å²) in [6.07, 6.45) is 0.793. The number of benzene rings is 2. The monoisotopic (exact) mass is 511 g/mol. The summed E-state index contributed by atoms with van der Waals surface area (Å²) >= 11 is 0. The Labute approximate surface area is 212 Å². The predicted molar refractivity (Wildman–Crippen MR) is 136 cm³/mol. The Kier molecular flexibility index (Phi) is 6.49. The van der Waals surface area contributed by atoms with Gasteiger partial charge in [0.05, 0.1) is 18.2 Å². The van der Waals surface area contributed by atoms with Crippen molar-refractivity contribution in [3.8, 4) is 11.4 Å². The summed E-state index contributed by atoms with van der Waals surface area (Å²) in [6, 6.07) is 13.2. The number of halogens is 3. The molecule has 1 aromatic heterocycles. The standard InChI is InChI=1S/C28H28F3N3O3/c1-17-14-34(22-8-6-21(7-9-22)33-15-18(2)36-19(3)16-33)27(35)24-12-13-32-26(25(17)24)20-4-10-23(11-5-20)37-28(29,30)31/h4-14,18-19,26,32H,15-16H2,1-3H3/t18-,19?,26?/m1/s1. The van der Waals surface area contributed by atoms with E-state index < -0.39 is 6.36 Å². The highest BCUT2D eigenvalue weighted by Crippen LogP contribution is 2.32. The molecule has 0 radical (unpaired) electrons. The van der Waals surface area contributed by atoms with E-state index in [-0.39, 0.29) is 29.6 Å². The molecule has 0 amide bonds. The van der Waals surface area contributed by atoms with Crippen molar-refractivity contribution in [3.05, 3.63) is 93.5 Å². The maximum absolute atomic E-state index is 13.5. The number of anilines is 1. The summed E-state index contributed by atoms with van der Waals surface area (Å²) in [5.41, 5.74) is 4.61. The van der Waals surface area contributed by atoms with Crippen molar-refractivity contribution >= 4 is 11.8 Å². The molecule has 9 heteroatoms. The second-order valence-electron chi connectivity index (χ2n) is 9.54. The lowest BCUT2D eigenvalue weighted by molar-refractivity contribution is -0.274. The van der Waals surface area contributed by atoms with Crippen LogP contribution in [0.2, 0.25) is 0 Å². The first-order valence-corrected chi connectivity index (χ1v) is 12.1. The van der Waals surface area contributed by atoms with Crippen LogP contribution in [0.15, 0.2) is 65.7 Å². The van der Waals surface area contributed by atoms with Crippen LogP contribution < -0.4 is 20.5 Å². The number of aryl methyl sites for hydroxylation is 1. The molecule has 3 atom stereocenters. The van der Waals surface area contributed by atoms with Gasteiger partial charge in [0.15, 0.2) is 0 Å². The van der Waals surface area contributed by atoms with E-state index in [0.29, 0.717) is 5.56 Å². The molecule has 0 spiro atoms. The molecule has 37 heavy (non-hydrogen) atoms. The van der Waals surface area contributed by atoms with Crippen molar-refractivity contribution < 1.29 is 22.6 Å². The van der Waals surface area contributed by atoms with Crippen LogP contribution in [-0.2, 0) is 4.74 Å². The molecule has 5 rings (SSSR count). The Bertz CT molecular complexity index is 1350. The second-order valence-corrected chi connectivity index (χ2v) is 9.54. The van der Waals surface area contributed by atoms with Crippen LogP contribution in [-0.4, -0.2) is 36.2 Å². The van der Waals surface area contributed by atoms with Gasteiger partial charge in [-0.05, 0) is 86.1 Å². The zero-order chi connectivity index (χ0) is 26.3. The normalized spacial score (nSPS) is 21.4. The lowest BCUT2D eigenvalue weighted by atomic mass is 9.90. The van der Waals surface area contributed by atoms with Crippen LogP contribution in [0.25, 0.3) is 11.8 Å². The minimum Gasteiger partial charge on any atom is -0.406 e. The molecular formula is C28H28F3N3O3. The fourth-order valence-electron chi connectivity index (χ4n) is 5.16. The molecule has 194 valence electrons. The van der Waals surface area contributed by atoms with Gasteiger partial charge in [0.25, 0.3) is 5.56 Å². The van der Waals surface area contributed by atoms with Gasteiger partial charge in [0.2, 0.25) is 0 Å². The van der Waals surface area contributed by atoms with E-state index in [0.717, 1.165) is 41.2 Å². The molecule has 0 aliphatic carbocycles. The molecule has 0 saturated carbocycles. The third-order valence-electron chi connectivity index (χ3n) is 6.65. The molecule has 2 aromatic carbocycles. The third-order valence-corrected chi connectivity index (χ3v) is 6.65. The minimum atomic E-state index is -4.75. The molecule has 0 bridgehead atoms. The van der Waals surface area contributed by atoms with Gasteiger partial charge in [0.1, 0.15) is 5.75 Å². The van der Waals surface area contributed by atoms with Crippen molar-refractivity contribution in [2.24, 2.45) is 0 Å². The van der Waals surface area contributed by atoms with Gasteiger partial charge in [0, 0.05) is 36.2 Å². The highest BCUT2D eigenvalue weighted by molar-refractivity contribution is 5.61. The Balaban J connectivity index is 1.44. The summed E-state index contributed by atoms with van der Waals surface area (Å²) in [4.78, 5) is 15.8. The van der Waals surface area contributed by atoms with E-state index in [1.54, 1.807) is 29.0 Å². The lowest BCUT2D eigenvalue weighted by Gasteiger charge is -2.37. The first kappa shape index (κ1) is 25.0. The number of hydrogen-bond donors (Lipinski definition) is 1. The number of morpholine rings is 1. The van der Waals surface area contributed by atoms with Gasteiger partial charge >= 0.3 is 6.36 Å². The van der Waals surface area contributed by atoms with Gasteiger partial charge in [-0.3, -0.25) is 9.36 Å². The maximum atomic E-state index is 13.5. The summed E-state index contributed by atoms with van der Waals surface area (Å²) in [6.45, 7) is 7.67. The smallest absolute Gasteiger partial charge is 0.406 e. The average Bonchev–Trinajstić information content (AvgIpc) is 2.85. The van der Waals surface area contributed by atoms with Crippen LogP contribution in [0.1, 0.15) is 42.1 Å². The molecule has 3 aromatic rings. The van der Waals surface area contributed by atoms with E-state index in [2.05, 4.69) is 28.8 Å². The first-order valence-electron chi connectivity index (χ1n) is 12.1. The number of pyridine rings is 1. The van der Waals surface area contributed by atoms with Crippen molar-refractivity contribution in [1.82, 2.24) is 9.88 Å². The Morgan fingerprint density at radius 1 is 0.973 bits per heavy atom. The Hall–Kier alpha value is -3.72. The zero-order valence-corrected chi connectivity index (χ0v) is 20.8. The molecule has 1 N–H and O–H groups in total. The van der Waals surface area contributed by atoms with Gasteiger partial charge in [-0.15, -0.1) is 13.2 Å². The number of rotatable bonds is 4. The summed E-state index contributed by atoms with van der Waals surface area (Å²) in [5.74, 6) is -0.292. The molecule has 1 saturated heterocycles. The summed E-state index contributed by atoms with van der Waals surface area (Å²) in [5, 5.41) is 3.23. The van der Waals surface area contributed by atoms with Crippen LogP contribution in [0.4, 0.5) is 18.9 Å². The van der Waals surface area contributed by atoms with Gasteiger partial charge < -0.3 is 19.7 Å². The summed E-state index contributed by atoms with van der Waals surface area (Å²) in [7, 11) is 0. The van der Waals surface area contributed by atoms with Crippen LogP contribution >= 0.6 is 0 Å². The molecule has 2 aliphatic heterocycles.